The summed E-state index contributed by atoms with van der Waals surface area (Å²) >= 11 is 0. The average molecular weight is 379 g/mol. The van der Waals surface area contributed by atoms with Crippen LogP contribution in [0.2, 0.25) is 0 Å². The molecule has 0 bridgehead atoms. The number of nitrogens with zero attached hydrogens (tertiary/aromatic N) is 2. The van der Waals surface area contributed by atoms with Crippen molar-refractivity contribution in [3.63, 3.8) is 0 Å². The topological polar surface area (TPSA) is 54.5 Å². The summed E-state index contributed by atoms with van der Waals surface area (Å²) in [6.45, 7) is 1.91. The number of amides is 1. The Kier molecular flexibility index (Phi) is 5.10. The normalized spacial score (nSPS) is 14.1. The van der Waals surface area contributed by atoms with Crippen LogP contribution in [0.4, 0.5) is 15.9 Å². The van der Waals surface area contributed by atoms with Crippen molar-refractivity contribution in [2.45, 2.75) is 19.3 Å². The molecular formula is C22H22FN3O2. The van der Waals surface area contributed by atoms with Crippen molar-refractivity contribution in [2.75, 3.05) is 30.4 Å². The molecule has 6 heteroatoms. The van der Waals surface area contributed by atoms with Crippen LogP contribution in [0.5, 0.6) is 5.75 Å². The van der Waals surface area contributed by atoms with Gasteiger partial charge in [-0.3, -0.25) is 4.79 Å². The number of hydrogen-bond acceptors (Lipinski definition) is 4. The molecule has 1 aliphatic rings. The second kappa shape index (κ2) is 7.84. The summed E-state index contributed by atoms with van der Waals surface area (Å²) < 4.78 is 19.9. The van der Waals surface area contributed by atoms with E-state index < -0.39 is 5.82 Å². The molecule has 1 fully saturated rings. The van der Waals surface area contributed by atoms with Gasteiger partial charge in [-0.05, 0) is 61.7 Å². The number of pyridine rings is 1. The number of carbonyl (C=O) groups excluding carboxylic acids is 1. The van der Waals surface area contributed by atoms with Gasteiger partial charge in [-0.25, -0.2) is 9.37 Å². The Labute approximate surface area is 163 Å². The number of methoxy groups -OCH3 is 1. The Balaban J connectivity index is 1.59. The van der Waals surface area contributed by atoms with Crippen LogP contribution >= 0.6 is 0 Å². The molecule has 1 aliphatic heterocycles. The Hall–Kier alpha value is -3.15. The highest BCUT2D eigenvalue weighted by Crippen LogP contribution is 2.26. The maximum absolute atomic E-state index is 14.7. The highest BCUT2D eigenvalue weighted by atomic mass is 19.1. The lowest BCUT2D eigenvalue weighted by Gasteiger charge is -2.27. The van der Waals surface area contributed by atoms with Crippen LogP contribution < -0.4 is 15.0 Å². The predicted octanol–water partition coefficient (Wildman–Crippen LogP) is 4.63. The third kappa shape index (κ3) is 3.76. The molecule has 28 heavy (non-hydrogen) atoms. The minimum Gasteiger partial charge on any atom is -0.497 e. The minimum atomic E-state index is -0.447. The van der Waals surface area contributed by atoms with Gasteiger partial charge < -0.3 is 15.0 Å². The van der Waals surface area contributed by atoms with E-state index in [4.69, 9.17) is 4.74 Å². The van der Waals surface area contributed by atoms with E-state index in [1.807, 2.05) is 12.1 Å². The molecule has 4 rings (SSSR count). The molecule has 2 heterocycles. The van der Waals surface area contributed by atoms with Gasteiger partial charge in [0.15, 0.2) is 5.82 Å². The Morgan fingerprint density at radius 3 is 2.71 bits per heavy atom. The van der Waals surface area contributed by atoms with Crippen LogP contribution in [0, 0.1) is 5.82 Å². The number of halogens is 1. The number of rotatable bonds is 4. The third-order valence-corrected chi connectivity index (χ3v) is 5.00. The van der Waals surface area contributed by atoms with E-state index in [9.17, 15) is 9.18 Å². The number of hydrogen-bond donors (Lipinski definition) is 1. The molecule has 2 aromatic carbocycles. The number of carbonyl (C=O) groups is 1. The first-order chi connectivity index (χ1) is 13.6. The van der Waals surface area contributed by atoms with Crippen molar-refractivity contribution in [1.82, 2.24) is 4.98 Å². The molecule has 1 aromatic heterocycles. The number of aromatic nitrogens is 1. The average Bonchev–Trinajstić information content (AvgIpc) is 2.74. The van der Waals surface area contributed by atoms with Gasteiger partial charge in [-0.15, -0.1) is 0 Å². The maximum atomic E-state index is 14.7. The molecule has 0 unspecified atom stereocenters. The SMILES string of the molecule is COc1cccc(C(=O)Nc2cc(F)c3nc(N4CCCCC4)ccc3c2)c1. The summed E-state index contributed by atoms with van der Waals surface area (Å²) in [6, 6.07) is 13.6. The molecule has 1 amide bonds. The smallest absolute Gasteiger partial charge is 0.255 e. The summed E-state index contributed by atoms with van der Waals surface area (Å²) in [5.74, 6) is 0.624. The number of fused-ring (bicyclic) bond motifs is 1. The molecule has 0 spiro atoms. The molecule has 0 aliphatic carbocycles. The Bertz CT molecular complexity index is 1020. The first-order valence-electron chi connectivity index (χ1n) is 9.45. The van der Waals surface area contributed by atoms with Crippen molar-refractivity contribution in [3.8, 4) is 5.75 Å². The Morgan fingerprint density at radius 1 is 1.11 bits per heavy atom. The van der Waals surface area contributed by atoms with Gasteiger partial charge in [-0.1, -0.05) is 6.07 Å². The van der Waals surface area contributed by atoms with Crippen LogP contribution in [-0.4, -0.2) is 31.1 Å². The first-order valence-corrected chi connectivity index (χ1v) is 9.45. The second-order valence-electron chi connectivity index (χ2n) is 6.93. The number of piperidine rings is 1. The van der Waals surface area contributed by atoms with E-state index in [1.165, 1.54) is 12.5 Å². The number of anilines is 2. The summed E-state index contributed by atoms with van der Waals surface area (Å²) in [6.07, 6.45) is 3.50. The quantitative estimate of drug-likeness (QED) is 0.718. The number of benzene rings is 2. The van der Waals surface area contributed by atoms with Gasteiger partial charge in [0.2, 0.25) is 0 Å². The van der Waals surface area contributed by atoms with E-state index in [1.54, 1.807) is 37.4 Å². The van der Waals surface area contributed by atoms with Crippen molar-refractivity contribution < 1.29 is 13.9 Å². The zero-order valence-corrected chi connectivity index (χ0v) is 15.7. The lowest BCUT2D eigenvalue weighted by atomic mass is 10.1. The van der Waals surface area contributed by atoms with Crippen molar-refractivity contribution >= 4 is 28.3 Å². The van der Waals surface area contributed by atoms with E-state index in [0.717, 1.165) is 31.7 Å². The minimum absolute atomic E-state index is 0.322. The van der Waals surface area contributed by atoms with Gasteiger partial charge in [-0.2, -0.15) is 0 Å². The summed E-state index contributed by atoms with van der Waals surface area (Å²) in [5, 5.41) is 3.40. The van der Waals surface area contributed by atoms with Crippen LogP contribution in [0.15, 0.2) is 48.5 Å². The van der Waals surface area contributed by atoms with Crippen LogP contribution in [0.25, 0.3) is 10.9 Å². The van der Waals surface area contributed by atoms with E-state index in [-0.39, 0.29) is 5.91 Å². The monoisotopic (exact) mass is 379 g/mol. The van der Waals surface area contributed by atoms with E-state index >= 15 is 0 Å². The van der Waals surface area contributed by atoms with Crippen molar-refractivity contribution in [2.24, 2.45) is 0 Å². The second-order valence-corrected chi connectivity index (χ2v) is 6.93. The molecule has 0 radical (unpaired) electrons. The number of ether oxygens (including phenoxy) is 1. The van der Waals surface area contributed by atoms with Crippen LogP contribution in [0.1, 0.15) is 29.6 Å². The van der Waals surface area contributed by atoms with Crippen LogP contribution in [0.3, 0.4) is 0 Å². The molecule has 144 valence electrons. The fourth-order valence-corrected chi connectivity index (χ4v) is 3.52. The highest BCUT2D eigenvalue weighted by molar-refractivity contribution is 6.05. The maximum Gasteiger partial charge on any atom is 0.255 e. The fraction of sp³-hybridized carbons (Fsp3) is 0.273. The molecule has 1 N–H and O–H groups in total. The molecular weight excluding hydrogens is 357 g/mol. The summed E-state index contributed by atoms with van der Waals surface area (Å²) in [4.78, 5) is 19.2. The lowest BCUT2D eigenvalue weighted by Crippen LogP contribution is -2.30. The van der Waals surface area contributed by atoms with Gasteiger partial charge in [0, 0.05) is 29.7 Å². The van der Waals surface area contributed by atoms with E-state index in [0.29, 0.717) is 27.9 Å². The molecule has 1 saturated heterocycles. The van der Waals surface area contributed by atoms with Crippen LogP contribution in [-0.2, 0) is 0 Å². The third-order valence-electron chi connectivity index (χ3n) is 5.00. The summed E-state index contributed by atoms with van der Waals surface area (Å²) in [7, 11) is 1.54. The lowest BCUT2D eigenvalue weighted by molar-refractivity contribution is 0.102. The zero-order chi connectivity index (χ0) is 19.5. The van der Waals surface area contributed by atoms with Gasteiger partial charge in [0.05, 0.1) is 7.11 Å². The molecule has 5 nitrogen and oxygen atoms in total. The first kappa shape index (κ1) is 18.2. The van der Waals surface area contributed by atoms with Crippen molar-refractivity contribution in [1.29, 1.82) is 0 Å². The van der Waals surface area contributed by atoms with E-state index in [2.05, 4.69) is 15.2 Å². The highest BCUT2D eigenvalue weighted by Gasteiger charge is 2.15. The largest absolute Gasteiger partial charge is 0.497 e. The van der Waals surface area contributed by atoms with Gasteiger partial charge >= 0.3 is 0 Å². The summed E-state index contributed by atoms with van der Waals surface area (Å²) in [5.41, 5.74) is 1.16. The van der Waals surface area contributed by atoms with Gasteiger partial charge in [0.25, 0.3) is 5.91 Å². The van der Waals surface area contributed by atoms with Gasteiger partial charge in [0.1, 0.15) is 17.1 Å². The zero-order valence-electron chi connectivity index (χ0n) is 15.7. The predicted molar refractivity (Wildman–Crippen MR) is 109 cm³/mol. The molecule has 0 atom stereocenters. The van der Waals surface area contributed by atoms with Crippen molar-refractivity contribution in [3.05, 3.63) is 59.9 Å². The molecule has 0 saturated carbocycles. The molecule has 3 aromatic rings. The number of nitrogens with one attached hydrogen (secondary N) is 1. The Morgan fingerprint density at radius 2 is 1.93 bits per heavy atom. The fourth-order valence-electron chi connectivity index (χ4n) is 3.52. The standard InChI is InChI=1S/C22H22FN3O2/c1-28-18-7-5-6-16(13-18)22(27)24-17-12-15-8-9-20(25-21(15)19(23)14-17)26-10-3-2-4-11-26/h5-9,12-14H,2-4,10-11H2,1H3,(H,24,27).